The zero-order valence-corrected chi connectivity index (χ0v) is 19.9. The van der Waals surface area contributed by atoms with Gasteiger partial charge in [0, 0.05) is 44.6 Å². The number of ether oxygens (including phenoxy) is 2. The van der Waals surface area contributed by atoms with Crippen LogP contribution in [0.2, 0.25) is 5.02 Å². The second kappa shape index (κ2) is 9.29. The molecule has 4 rings (SSSR count). The highest BCUT2D eigenvalue weighted by atomic mass is 35.5. The number of nitrogens with zero attached hydrogens (tertiary/aromatic N) is 6. The summed E-state index contributed by atoms with van der Waals surface area (Å²) in [5, 5.41) is 7.73. The van der Waals surface area contributed by atoms with E-state index in [-0.39, 0.29) is 11.8 Å². The number of hydrogen-bond acceptors (Lipinski definition) is 9. The number of anilines is 1. The second-order valence-corrected chi connectivity index (χ2v) is 10.3. The average Bonchev–Trinajstić information content (AvgIpc) is 3.46. The predicted molar refractivity (Wildman–Crippen MR) is 121 cm³/mol. The number of aromatic nitrogens is 6. The first-order valence-electron chi connectivity index (χ1n) is 10.2. The molecule has 0 spiro atoms. The summed E-state index contributed by atoms with van der Waals surface area (Å²) in [5.74, 6) is 0.810. The highest BCUT2D eigenvalue weighted by Crippen LogP contribution is 2.47. The van der Waals surface area contributed by atoms with E-state index in [1.54, 1.807) is 30.1 Å². The average molecular weight is 494 g/mol. The molecule has 2 unspecified atom stereocenters. The Morgan fingerprint density at radius 1 is 1.21 bits per heavy atom. The maximum absolute atomic E-state index is 13.3. The summed E-state index contributed by atoms with van der Waals surface area (Å²) in [7, 11) is -0.985. The molecule has 176 valence electrons. The molecule has 2 atom stereocenters. The van der Waals surface area contributed by atoms with E-state index in [1.807, 2.05) is 6.07 Å². The van der Waals surface area contributed by atoms with Crippen LogP contribution < -0.4 is 4.72 Å². The highest BCUT2D eigenvalue weighted by molar-refractivity contribution is 7.93. The summed E-state index contributed by atoms with van der Waals surface area (Å²) in [6.45, 7) is 1.90. The van der Waals surface area contributed by atoms with E-state index in [2.05, 4.69) is 29.9 Å². The van der Waals surface area contributed by atoms with Crippen molar-refractivity contribution in [3.63, 3.8) is 0 Å². The fourth-order valence-corrected chi connectivity index (χ4v) is 4.91. The van der Waals surface area contributed by atoms with Crippen LogP contribution in [0.1, 0.15) is 31.7 Å². The molecular formula is C20H24ClN7O4S. The van der Waals surface area contributed by atoms with E-state index in [1.165, 1.54) is 26.4 Å². The summed E-state index contributed by atoms with van der Waals surface area (Å²) in [6, 6.07) is 3.63. The monoisotopic (exact) mass is 493 g/mol. The van der Waals surface area contributed by atoms with Crippen LogP contribution in [0.15, 0.2) is 36.9 Å². The highest BCUT2D eigenvalue weighted by Gasteiger charge is 2.48. The van der Waals surface area contributed by atoms with Gasteiger partial charge >= 0.3 is 0 Å². The fourth-order valence-electron chi connectivity index (χ4n) is 3.69. The lowest BCUT2D eigenvalue weighted by molar-refractivity contribution is 0.0950. The van der Waals surface area contributed by atoms with Gasteiger partial charge in [-0.3, -0.25) is 14.3 Å². The van der Waals surface area contributed by atoms with Crippen LogP contribution in [-0.2, 0) is 25.0 Å². The molecule has 1 aliphatic rings. The molecule has 0 radical (unpaired) electrons. The fraction of sp³-hybridized carbons (Fsp3) is 0.450. The van der Waals surface area contributed by atoms with Gasteiger partial charge in [-0.2, -0.15) is 0 Å². The van der Waals surface area contributed by atoms with E-state index in [0.29, 0.717) is 17.5 Å². The molecule has 3 aromatic heterocycles. The van der Waals surface area contributed by atoms with Gasteiger partial charge in [0.05, 0.1) is 17.2 Å². The third-order valence-corrected chi connectivity index (χ3v) is 7.48. The maximum atomic E-state index is 13.3. The van der Waals surface area contributed by atoms with Gasteiger partial charge in [0.1, 0.15) is 11.4 Å². The first-order valence-corrected chi connectivity index (χ1v) is 12.1. The third kappa shape index (κ3) is 4.69. The minimum Gasteiger partial charge on any atom is -0.382 e. The summed E-state index contributed by atoms with van der Waals surface area (Å²) in [4.78, 5) is 12.4. The molecule has 1 N–H and O–H groups in total. The normalized spacial score (nSPS) is 16.8. The van der Waals surface area contributed by atoms with Crippen LogP contribution >= 0.6 is 11.6 Å². The Morgan fingerprint density at radius 2 is 1.94 bits per heavy atom. The summed E-state index contributed by atoms with van der Waals surface area (Å²) >= 11 is 5.85. The third-order valence-electron chi connectivity index (χ3n) is 5.60. The Balaban J connectivity index is 1.69. The van der Waals surface area contributed by atoms with Crippen LogP contribution in [0.25, 0.3) is 11.4 Å². The predicted octanol–water partition coefficient (Wildman–Crippen LogP) is 2.44. The molecule has 33 heavy (non-hydrogen) atoms. The lowest BCUT2D eigenvalue weighted by Crippen LogP contribution is -2.35. The minimum absolute atomic E-state index is 0.0992. The van der Waals surface area contributed by atoms with Crippen molar-refractivity contribution in [2.45, 2.75) is 36.7 Å². The maximum Gasteiger partial charge on any atom is 0.240 e. The molecule has 11 nitrogen and oxygen atoms in total. The molecule has 3 aromatic rings. The number of pyridine rings is 1. The summed E-state index contributed by atoms with van der Waals surface area (Å²) in [5.41, 5.74) is 0.278. The SMILES string of the molecule is COCC1(n2c(NS(=O)(=O)C(C)C(OC)c3ncc(Cl)cn3)nnc2-c2cccnc2)CC1. The van der Waals surface area contributed by atoms with Crippen molar-refractivity contribution in [2.24, 2.45) is 0 Å². The number of nitrogens with one attached hydrogen (secondary N) is 1. The second-order valence-electron chi connectivity index (χ2n) is 7.85. The molecule has 1 fully saturated rings. The standard InChI is InChI=1S/C20H24ClN7O4S/c1-13(16(32-3)17-23-10-15(21)11-24-17)33(29,30)27-19-26-25-18(14-5-4-8-22-9-14)28(19)20(6-7-20)12-31-2/h4-5,8-11,13,16H,6-7,12H2,1-3H3,(H,26,27). The Labute approximate surface area is 196 Å². The largest absolute Gasteiger partial charge is 0.382 e. The van der Waals surface area contributed by atoms with E-state index < -0.39 is 26.9 Å². The smallest absolute Gasteiger partial charge is 0.240 e. The van der Waals surface area contributed by atoms with Gasteiger partial charge in [-0.05, 0) is 31.9 Å². The molecule has 0 amide bonds. The molecular weight excluding hydrogens is 470 g/mol. The van der Waals surface area contributed by atoms with Crippen LogP contribution in [0.3, 0.4) is 0 Å². The van der Waals surface area contributed by atoms with Crippen molar-refractivity contribution in [1.82, 2.24) is 29.7 Å². The Bertz CT molecular complexity index is 1200. The first kappa shape index (κ1) is 23.5. The van der Waals surface area contributed by atoms with Crippen molar-refractivity contribution in [1.29, 1.82) is 0 Å². The van der Waals surface area contributed by atoms with Crippen molar-refractivity contribution >= 4 is 27.6 Å². The quantitative estimate of drug-likeness (QED) is 0.451. The van der Waals surface area contributed by atoms with Crippen molar-refractivity contribution in [3.05, 3.63) is 47.8 Å². The lowest BCUT2D eigenvalue weighted by atomic mass is 10.2. The molecule has 3 heterocycles. The van der Waals surface area contributed by atoms with Gasteiger partial charge in [0.15, 0.2) is 11.6 Å². The topological polar surface area (TPSA) is 134 Å². The first-order chi connectivity index (χ1) is 15.8. The number of methoxy groups -OCH3 is 2. The van der Waals surface area contributed by atoms with Gasteiger partial charge in [-0.15, -0.1) is 10.2 Å². The Hall–Kier alpha value is -2.67. The van der Waals surface area contributed by atoms with Gasteiger partial charge < -0.3 is 9.47 Å². The van der Waals surface area contributed by atoms with Crippen LogP contribution in [0.4, 0.5) is 5.95 Å². The minimum atomic E-state index is -3.99. The van der Waals surface area contributed by atoms with E-state index >= 15 is 0 Å². The van der Waals surface area contributed by atoms with Crippen LogP contribution in [0.5, 0.6) is 0 Å². The number of sulfonamides is 1. The number of rotatable bonds is 10. The van der Waals surface area contributed by atoms with Crippen molar-refractivity contribution < 1.29 is 17.9 Å². The van der Waals surface area contributed by atoms with Gasteiger partial charge in [0.2, 0.25) is 16.0 Å². The Morgan fingerprint density at radius 3 is 2.52 bits per heavy atom. The Kier molecular flexibility index (Phi) is 6.61. The molecule has 13 heteroatoms. The van der Waals surface area contributed by atoms with Gasteiger partial charge in [0.25, 0.3) is 0 Å². The van der Waals surface area contributed by atoms with Gasteiger partial charge in [-0.1, -0.05) is 11.6 Å². The molecule has 0 saturated heterocycles. The van der Waals surface area contributed by atoms with Crippen LogP contribution in [0, 0.1) is 0 Å². The zero-order valence-electron chi connectivity index (χ0n) is 18.3. The van der Waals surface area contributed by atoms with E-state index in [0.717, 1.165) is 18.4 Å². The molecule has 0 aromatic carbocycles. The molecule has 1 aliphatic carbocycles. The molecule has 1 saturated carbocycles. The van der Waals surface area contributed by atoms with E-state index in [4.69, 9.17) is 21.1 Å². The number of hydrogen-bond donors (Lipinski definition) is 1. The van der Waals surface area contributed by atoms with Crippen molar-refractivity contribution in [3.8, 4) is 11.4 Å². The number of halogens is 1. The zero-order chi connectivity index (χ0) is 23.6. The molecule has 0 bridgehead atoms. The van der Waals surface area contributed by atoms with Crippen molar-refractivity contribution in [2.75, 3.05) is 25.5 Å². The van der Waals surface area contributed by atoms with Crippen LogP contribution in [-0.4, -0.2) is 64.2 Å². The summed E-state index contributed by atoms with van der Waals surface area (Å²) < 4.78 is 41.9. The van der Waals surface area contributed by atoms with E-state index in [9.17, 15) is 8.42 Å². The summed E-state index contributed by atoms with van der Waals surface area (Å²) in [6.07, 6.45) is 6.76. The van der Waals surface area contributed by atoms with Gasteiger partial charge in [-0.25, -0.2) is 18.4 Å². The molecule has 0 aliphatic heterocycles. The lowest BCUT2D eigenvalue weighted by Gasteiger charge is -2.24.